The van der Waals surface area contributed by atoms with Crippen molar-refractivity contribution in [3.8, 4) is 0 Å². The van der Waals surface area contributed by atoms with Gasteiger partial charge in [-0.2, -0.15) is 0 Å². The van der Waals surface area contributed by atoms with E-state index >= 15 is 0 Å². The van der Waals surface area contributed by atoms with Gasteiger partial charge in [0.2, 0.25) is 0 Å². The Hall–Kier alpha value is -0.340. The summed E-state index contributed by atoms with van der Waals surface area (Å²) in [6, 6.07) is 0. The van der Waals surface area contributed by atoms with Crippen LogP contribution in [0.25, 0.3) is 0 Å². The topological polar surface area (TPSA) is 18.5 Å². The molecular formula is C51H92O2. The highest BCUT2D eigenvalue weighted by atomic mass is 16.5. The minimum absolute atomic E-state index is 0.466. The van der Waals surface area contributed by atoms with Gasteiger partial charge in [-0.15, -0.1) is 0 Å². The van der Waals surface area contributed by atoms with Gasteiger partial charge < -0.3 is 9.47 Å². The predicted molar refractivity (Wildman–Crippen MR) is 229 cm³/mol. The molecule has 5 saturated carbocycles. The average molecular weight is 737 g/mol. The number of hydrogen-bond donors (Lipinski definition) is 0. The summed E-state index contributed by atoms with van der Waals surface area (Å²) in [5.74, 6) is 8.46. The van der Waals surface area contributed by atoms with E-state index in [1.165, 1.54) is 154 Å². The van der Waals surface area contributed by atoms with Gasteiger partial charge in [-0.3, -0.25) is 0 Å². The molecule has 2 heteroatoms. The summed E-state index contributed by atoms with van der Waals surface area (Å²) < 4.78 is 12.5. The first-order valence-electron chi connectivity index (χ1n) is 24.3. The van der Waals surface area contributed by atoms with E-state index in [1.54, 1.807) is 5.57 Å². The van der Waals surface area contributed by atoms with Gasteiger partial charge in [0.05, 0.1) is 12.7 Å². The molecule has 0 radical (unpaired) electrons. The molecular weight excluding hydrogens is 645 g/mol. The Kier molecular flexibility index (Phi) is 16.8. The SMILES string of the molecule is CCCCCCOC1CCC2(C)C(=CCC3C2CCC2(C)C(C(C)CCCC(C)C)CCC32)C1.CCCCCCOCC12CC(C)CC(CC(C)C1)C2. The van der Waals surface area contributed by atoms with E-state index in [0.29, 0.717) is 22.3 Å². The molecule has 0 spiro atoms. The Labute approximate surface area is 331 Å². The fourth-order valence-corrected chi connectivity index (χ4v) is 14.6. The van der Waals surface area contributed by atoms with Gasteiger partial charge in [0.15, 0.2) is 0 Å². The highest BCUT2D eigenvalue weighted by molar-refractivity contribution is 5.25. The van der Waals surface area contributed by atoms with Gasteiger partial charge in [-0.1, -0.05) is 132 Å². The molecule has 10 unspecified atom stereocenters. The molecule has 0 N–H and O–H groups in total. The molecule has 6 aliphatic rings. The molecule has 2 bridgehead atoms. The van der Waals surface area contributed by atoms with Gasteiger partial charge in [-0.05, 0) is 166 Å². The van der Waals surface area contributed by atoms with Crippen LogP contribution >= 0.6 is 0 Å². The first kappa shape index (κ1) is 43.8. The van der Waals surface area contributed by atoms with Gasteiger partial charge in [-0.25, -0.2) is 0 Å². The Morgan fingerprint density at radius 2 is 1.43 bits per heavy atom. The van der Waals surface area contributed by atoms with E-state index in [-0.39, 0.29) is 0 Å². The third-order valence-corrected chi connectivity index (χ3v) is 16.9. The van der Waals surface area contributed by atoms with Crippen molar-refractivity contribution in [3.05, 3.63) is 11.6 Å². The van der Waals surface area contributed by atoms with Crippen LogP contribution in [0.1, 0.15) is 216 Å². The maximum atomic E-state index is 6.39. The highest BCUT2D eigenvalue weighted by Crippen LogP contribution is 2.67. The summed E-state index contributed by atoms with van der Waals surface area (Å²) in [6.07, 6.45) is 36.6. The molecule has 308 valence electrons. The average Bonchev–Trinajstić information content (AvgIpc) is 3.46. The van der Waals surface area contributed by atoms with Crippen molar-refractivity contribution >= 4 is 0 Å². The van der Waals surface area contributed by atoms with Crippen LogP contribution in [0.3, 0.4) is 0 Å². The summed E-state index contributed by atoms with van der Waals surface area (Å²) in [5, 5.41) is 0. The van der Waals surface area contributed by atoms with Crippen LogP contribution in [0, 0.1) is 69.5 Å². The van der Waals surface area contributed by atoms with Crippen molar-refractivity contribution < 1.29 is 9.47 Å². The molecule has 2 nitrogen and oxygen atoms in total. The summed E-state index contributed by atoms with van der Waals surface area (Å²) >= 11 is 0. The molecule has 6 rings (SSSR count). The van der Waals surface area contributed by atoms with Crippen molar-refractivity contribution in [1.29, 1.82) is 0 Å². The van der Waals surface area contributed by atoms with Crippen molar-refractivity contribution in [2.24, 2.45) is 69.5 Å². The van der Waals surface area contributed by atoms with E-state index in [2.05, 4.69) is 68.4 Å². The van der Waals surface area contributed by atoms with E-state index < -0.39 is 0 Å². The van der Waals surface area contributed by atoms with Crippen LogP contribution in [-0.2, 0) is 9.47 Å². The number of allylic oxidation sites excluding steroid dienone is 1. The Balaban J connectivity index is 0.000000241. The van der Waals surface area contributed by atoms with E-state index in [0.717, 1.165) is 73.1 Å². The van der Waals surface area contributed by atoms with Crippen molar-refractivity contribution in [2.75, 3.05) is 19.8 Å². The van der Waals surface area contributed by atoms with Crippen molar-refractivity contribution in [2.45, 2.75) is 223 Å². The molecule has 0 aliphatic heterocycles. The summed E-state index contributed by atoms with van der Waals surface area (Å²) in [5.41, 5.74) is 3.41. The van der Waals surface area contributed by atoms with E-state index in [9.17, 15) is 0 Å². The highest BCUT2D eigenvalue weighted by Gasteiger charge is 2.59. The Morgan fingerprint density at radius 1 is 0.736 bits per heavy atom. The van der Waals surface area contributed by atoms with E-state index in [1.807, 2.05) is 0 Å². The maximum absolute atomic E-state index is 6.39. The third-order valence-electron chi connectivity index (χ3n) is 16.9. The van der Waals surface area contributed by atoms with Crippen molar-refractivity contribution in [1.82, 2.24) is 0 Å². The third kappa shape index (κ3) is 11.2. The lowest BCUT2D eigenvalue weighted by molar-refractivity contribution is -0.0641. The van der Waals surface area contributed by atoms with Crippen LogP contribution in [0.2, 0.25) is 0 Å². The molecule has 0 aromatic carbocycles. The molecule has 6 aliphatic carbocycles. The molecule has 5 fully saturated rings. The maximum Gasteiger partial charge on any atom is 0.0612 e. The van der Waals surface area contributed by atoms with Gasteiger partial charge >= 0.3 is 0 Å². The van der Waals surface area contributed by atoms with Crippen molar-refractivity contribution in [3.63, 3.8) is 0 Å². The normalized spacial score (nSPS) is 39.7. The molecule has 0 heterocycles. The standard InChI is InChI=1S/C33H58O.C18H34O/c1-7-8-9-10-22-34-27-18-20-32(5)26(23-27)14-15-28-30-17-16-29(25(4)13-11-12-24(2)3)33(30,6)21-19-31(28)32;1-4-5-6-7-8-19-14-18-11-15(2)9-17(13-18)10-16(3)12-18/h14,24-25,27-31H,7-13,15-23H2,1-6H3;15-17H,4-14H2,1-3H3. The minimum Gasteiger partial charge on any atom is -0.381 e. The lowest BCUT2D eigenvalue weighted by atomic mass is 9.47. The quantitative estimate of drug-likeness (QED) is 0.103. The fraction of sp³-hybridized carbons (Fsp3) is 0.961. The van der Waals surface area contributed by atoms with Crippen LogP contribution in [0.5, 0.6) is 0 Å². The minimum atomic E-state index is 0.466. The Morgan fingerprint density at radius 3 is 2.11 bits per heavy atom. The monoisotopic (exact) mass is 737 g/mol. The number of unbranched alkanes of at least 4 members (excludes halogenated alkanes) is 6. The Bertz CT molecular complexity index is 1070. The molecule has 0 amide bonds. The summed E-state index contributed by atoms with van der Waals surface area (Å²) in [7, 11) is 0. The first-order chi connectivity index (χ1) is 25.4. The van der Waals surface area contributed by atoms with Crippen LogP contribution in [0.15, 0.2) is 11.6 Å². The second kappa shape index (κ2) is 20.4. The zero-order chi connectivity index (χ0) is 38.1. The number of rotatable bonds is 18. The molecule has 0 aromatic heterocycles. The molecule has 0 aromatic rings. The van der Waals surface area contributed by atoms with Crippen LogP contribution < -0.4 is 0 Å². The molecule has 53 heavy (non-hydrogen) atoms. The van der Waals surface area contributed by atoms with Gasteiger partial charge in [0.25, 0.3) is 0 Å². The number of fused-ring (bicyclic) bond motifs is 7. The van der Waals surface area contributed by atoms with Crippen LogP contribution in [-0.4, -0.2) is 25.9 Å². The van der Waals surface area contributed by atoms with Gasteiger partial charge in [0.1, 0.15) is 0 Å². The smallest absolute Gasteiger partial charge is 0.0612 e. The zero-order valence-corrected chi connectivity index (χ0v) is 37.3. The summed E-state index contributed by atoms with van der Waals surface area (Å²) in [6.45, 7) is 25.3. The second-order valence-electron chi connectivity index (χ2n) is 21.9. The van der Waals surface area contributed by atoms with Crippen LogP contribution in [0.4, 0.5) is 0 Å². The largest absolute Gasteiger partial charge is 0.381 e. The fourth-order valence-electron chi connectivity index (χ4n) is 14.6. The number of ether oxygens (including phenoxy) is 2. The predicted octanol–water partition coefficient (Wildman–Crippen LogP) is 15.4. The molecule has 10 atom stereocenters. The zero-order valence-electron chi connectivity index (χ0n) is 37.3. The summed E-state index contributed by atoms with van der Waals surface area (Å²) in [4.78, 5) is 0. The van der Waals surface area contributed by atoms with E-state index in [4.69, 9.17) is 9.47 Å². The lowest BCUT2D eigenvalue weighted by Crippen LogP contribution is -2.51. The first-order valence-corrected chi connectivity index (χ1v) is 24.3. The lowest BCUT2D eigenvalue weighted by Gasteiger charge is -2.58. The van der Waals surface area contributed by atoms with Gasteiger partial charge in [0, 0.05) is 13.2 Å². The molecule has 0 saturated heterocycles. The second-order valence-corrected chi connectivity index (χ2v) is 21.9. The number of hydrogen-bond acceptors (Lipinski definition) is 2.